The van der Waals surface area contributed by atoms with Crippen LogP contribution in [0.15, 0.2) is 36.5 Å². The number of carbonyl (C=O) groups is 1. The van der Waals surface area contributed by atoms with Gasteiger partial charge in [0.2, 0.25) is 5.95 Å². The van der Waals surface area contributed by atoms with Gasteiger partial charge >= 0.3 is 0 Å². The van der Waals surface area contributed by atoms with Crippen LogP contribution in [0.25, 0.3) is 11.3 Å². The monoisotopic (exact) mass is 491 g/mol. The number of aryl methyl sites for hydroxylation is 1. The number of hydrogen-bond donors (Lipinski definition) is 0. The average molecular weight is 492 g/mol. The van der Waals surface area contributed by atoms with Crippen LogP contribution in [0.2, 0.25) is 0 Å². The number of piperazine rings is 1. The standard InChI is InChI=1S/C26H33N7O3/c1-30-22(18-21(29-30)20-17-19(35-2)7-8-23(20)36-3)25(34)32-15-13-31(14-16-32)24-9-10-27-26(28-24)33-11-5-4-6-12-33/h7-10,17-18H,4-6,11-16H2,1-3H3. The van der Waals surface area contributed by atoms with Crippen molar-refractivity contribution in [3.8, 4) is 22.8 Å². The van der Waals surface area contributed by atoms with Crippen molar-refractivity contribution in [2.75, 3.05) is 63.3 Å². The number of benzene rings is 1. The number of ether oxygens (including phenoxy) is 2. The lowest BCUT2D eigenvalue weighted by Gasteiger charge is -2.35. The summed E-state index contributed by atoms with van der Waals surface area (Å²) >= 11 is 0. The molecule has 0 saturated carbocycles. The first-order valence-corrected chi connectivity index (χ1v) is 12.5. The molecule has 36 heavy (non-hydrogen) atoms. The van der Waals surface area contributed by atoms with E-state index in [1.54, 1.807) is 25.9 Å². The predicted molar refractivity (Wildman–Crippen MR) is 138 cm³/mol. The Kier molecular flexibility index (Phi) is 6.92. The van der Waals surface area contributed by atoms with E-state index in [0.717, 1.165) is 43.5 Å². The maximum absolute atomic E-state index is 13.4. The summed E-state index contributed by atoms with van der Waals surface area (Å²) in [6.07, 6.45) is 5.49. The second kappa shape index (κ2) is 10.4. The molecule has 5 rings (SSSR count). The van der Waals surface area contributed by atoms with E-state index < -0.39 is 0 Å². The van der Waals surface area contributed by atoms with Crippen LogP contribution in [-0.2, 0) is 7.05 Å². The van der Waals surface area contributed by atoms with Crippen LogP contribution in [0, 0.1) is 0 Å². The Morgan fingerprint density at radius 1 is 0.889 bits per heavy atom. The van der Waals surface area contributed by atoms with Crippen LogP contribution in [-0.4, -0.2) is 84.0 Å². The number of carbonyl (C=O) groups excluding carboxylic acids is 1. The summed E-state index contributed by atoms with van der Waals surface area (Å²) in [6.45, 7) is 4.70. The number of anilines is 2. The van der Waals surface area contributed by atoms with Crippen molar-refractivity contribution in [3.05, 3.63) is 42.2 Å². The Balaban J connectivity index is 1.27. The summed E-state index contributed by atoms with van der Waals surface area (Å²) < 4.78 is 12.5. The van der Waals surface area contributed by atoms with Gasteiger partial charge in [0.05, 0.1) is 19.9 Å². The van der Waals surface area contributed by atoms with Crippen LogP contribution >= 0.6 is 0 Å². The third-order valence-corrected chi connectivity index (χ3v) is 6.94. The van der Waals surface area contributed by atoms with Gasteiger partial charge < -0.3 is 24.2 Å². The van der Waals surface area contributed by atoms with E-state index in [1.807, 2.05) is 41.4 Å². The largest absolute Gasteiger partial charge is 0.497 e. The molecule has 0 atom stereocenters. The first kappa shape index (κ1) is 23.9. The molecular formula is C26H33N7O3. The first-order chi connectivity index (χ1) is 17.6. The molecule has 190 valence electrons. The fourth-order valence-corrected chi connectivity index (χ4v) is 4.88. The van der Waals surface area contributed by atoms with Crippen LogP contribution in [0.1, 0.15) is 29.8 Å². The Bertz CT molecular complexity index is 1210. The van der Waals surface area contributed by atoms with E-state index in [-0.39, 0.29) is 5.91 Å². The summed E-state index contributed by atoms with van der Waals surface area (Å²) in [6, 6.07) is 9.33. The van der Waals surface area contributed by atoms with E-state index >= 15 is 0 Å². The van der Waals surface area contributed by atoms with E-state index in [1.165, 1.54) is 19.3 Å². The van der Waals surface area contributed by atoms with Crippen LogP contribution < -0.4 is 19.3 Å². The highest BCUT2D eigenvalue weighted by molar-refractivity contribution is 5.94. The minimum atomic E-state index is -0.0329. The highest BCUT2D eigenvalue weighted by Crippen LogP contribution is 2.33. The summed E-state index contributed by atoms with van der Waals surface area (Å²) in [5, 5.41) is 4.60. The van der Waals surface area contributed by atoms with Gasteiger partial charge in [-0.1, -0.05) is 0 Å². The molecule has 10 nitrogen and oxygen atoms in total. The van der Waals surface area contributed by atoms with Crippen molar-refractivity contribution in [2.45, 2.75) is 19.3 Å². The Morgan fingerprint density at radius 2 is 1.67 bits per heavy atom. The summed E-state index contributed by atoms with van der Waals surface area (Å²) in [7, 11) is 5.03. The zero-order chi connectivity index (χ0) is 25.1. The van der Waals surface area contributed by atoms with Crippen molar-refractivity contribution in [1.29, 1.82) is 0 Å². The molecule has 2 fully saturated rings. The highest BCUT2D eigenvalue weighted by Gasteiger charge is 2.26. The van der Waals surface area contributed by atoms with E-state index in [9.17, 15) is 4.79 Å². The zero-order valence-electron chi connectivity index (χ0n) is 21.2. The highest BCUT2D eigenvalue weighted by atomic mass is 16.5. The fourth-order valence-electron chi connectivity index (χ4n) is 4.88. The molecule has 2 saturated heterocycles. The maximum atomic E-state index is 13.4. The molecule has 0 N–H and O–H groups in total. The van der Waals surface area contributed by atoms with Crippen molar-refractivity contribution >= 4 is 17.7 Å². The lowest BCUT2D eigenvalue weighted by Crippen LogP contribution is -2.49. The third-order valence-electron chi connectivity index (χ3n) is 6.94. The van der Waals surface area contributed by atoms with Gasteiger partial charge in [0.1, 0.15) is 23.0 Å². The number of aromatic nitrogens is 4. The minimum Gasteiger partial charge on any atom is -0.497 e. The van der Waals surface area contributed by atoms with Gasteiger partial charge in [-0.15, -0.1) is 0 Å². The second-order valence-electron chi connectivity index (χ2n) is 9.15. The fraction of sp³-hybridized carbons (Fsp3) is 0.462. The van der Waals surface area contributed by atoms with Gasteiger partial charge in [-0.3, -0.25) is 9.48 Å². The quantitative estimate of drug-likeness (QED) is 0.520. The molecular weight excluding hydrogens is 458 g/mol. The smallest absolute Gasteiger partial charge is 0.272 e. The van der Waals surface area contributed by atoms with Crippen molar-refractivity contribution < 1.29 is 14.3 Å². The molecule has 10 heteroatoms. The number of amides is 1. The van der Waals surface area contributed by atoms with Crippen LogP contribution in [0.4, 0.5) is 11.8 Å². The molecule has 0 aliphatic carbocycles. The first-order valence-electron chi connectivity index (χ1n) is 12.5. The molecule has 1 aromatic carbocycles. The normalized spacial score (nSPS) is 16.2. The second-order valence-corrected chi connectivity index (χ2v) is 9.15. The topological polar surface area (TPSA) is 88.9 Å². The minimum absolute atomic E-state index is 0.0329. The maximum Gasteiger partial charge on any atom is 0.272 e. The van der Waals surface area contributed by atoms with Crippen molar-refractivity contribution in [2.24, 2.45) is 7.05 Å². The lowest BCUT2D eigenvalue weighted by atomic mass is 10.1. The van der Waals surface area contributed by atoms with E-state index in [4.69, 9.17) is 14.5 Å². The number of piperidine rings is 1. The average Bonchev–Trinajstić information content (AvgIpc) is 3.34. The van der Waals surface area contributed by atoms with E-state index in [2.05, 4.69) is 19.9 Å². The van der Waals surface area contributed by atoms with Gasteiger partial charge in [0.25, 0.3) is 5.91 Å². The van der Waals surface area contributed by atoms with Gasteiger partial charge in [0, 0.05) is 58.1 Å². The molecule has 2 aliphatic heterocycles. The number of hydrogen-bond acceptors (Lipinski definition) is 8. The third kappa shape index (κ3) is 4.80. The van der Waals surface area contributed by atoms with Crippen LogP contribution in [0.3, 0.4) is 0 Å². The SMILES string of the molecule is COc1ccc(OC)c(-c2cc(C(=O)N3CCN(c4ccnc(N5CCCCC5)n4)CC3)n(C)n2)c1. The molecule has 0 unspecified atom stereocenters. The van der Waals surface area contributed by atoms with Crippen LogP contribution in [0.5, 0.6) is 11.5 Å². The molecule has 0 bridgehead atoms. The Hall–Kier alpha value is -3.82. The van der Waals surface area contributed by atoms with E-state index in [0.29, 0.717) is 36.0 Å². The summed E-state index contributed by atoms with van der Waals surface area (Å²) in [5.41, 5.74) is 1.99. The molecule has 3 aromatic rings. The van der Waals surface area contributed by atoms with Gasteiger partial charge in [0.15, 0.2) is 0 Å². The molecule has 4 heterocycles. The Labute approximate surface area is 211 Å². The molecule has 1 amide bonds. The molecule has 0 spiro atoms. The zero-order valence-corrected chi connectivity index (χ0v) is 21.2. The molecule has 2 aliphatic rings. The summed E-state index contributed by atoms with van der Waals surface area (Å²) in [5.74, 6) is 3.07. The van der Waals surface area contributed by atoms with Gasteiger partial charge in [-0.05, 0) is 49.6 Å². The number of methoxy groups -OCH3 is 2. The molecule has 0 radical (unpaired) electrons. The van der Waals surface area contributed by atoms with Crippen molar-refractivity contribution in [1.82, 2.24) is 24.6 Å². The van der Waals surface area contributed by atoms with Crippen molar-refractivity contribution in [3.63, 3.8) is 0 Å². The number of nitrogens with zero attached hydrogens (tertiary/aromatic N) is 7. The molecule has 2 aromatic heterocycles. The number of rotatable bonds is 6. The Morgan fingerprint density at radius 3 is 2.39 bits per heavy atom. The lowest BCUT2D eigenvalue weighted by molar-refractivity contribution is 0.0735. The van der Waals surface area contributed by atoms with Gasteiger partial charge in [-0.2, -0.15) is 10.1 Å². The summed E-state index contributed by atoms with van der Waals surface area (Å²) in [4.78, 5) is 29.1. The predicted octanol–water partition coefficient (Wildman–Crippen LogP) is 2.85. The van der Waals surface area contributed by atoms with Gasteiger partial charge in [-0.25, -0.2) is 4.98 Å².